The summed E-state index contributed by atoms with van der Waals surface area (Å²) in [5.74, 6) is 1.19. The Hall–Kier alpha value is -0.900. The number of ketones is 1. The van der Waals surface area contributed by atoms with Crippen LogP contribution in [0.1, 0.15) is 44.9 Å². The Kier molecular flexibility index (Phi) is 4.11. The number of ether oxygens (including phenoxy) is 1. The van der Waals surface area contributed by atoms with Crippen LogP contribution >= 0.6 is 0 Å². The molecule has 1 saturated heterocycles. The second-order valence-electron chi connectivity index (χ2n) is 6.66. The average molecular weight is 279 g/mol. The molecule has 2 saturated carbocycles. The smallest absolute Gasteiger partial charge is 0.225 e. The number of fused-ring (bicyclic) bond motifs is 2. The van der Waals surface area contributed by atoms with Crippen molar-refractivity contribution in [3.8, 4) is 0 Å². The van der Waals surface area contributed by atoms with E-state index in [1.54, 1.807) is 7.11 Å². The molecule has 4 nitrogen and oxygen atoms in total. The number of nitrogens with zero attached hydrogens (tertiary/aromatic N) is 1. The topological polar surface area (TPSA) is 46.6 Å². The Bertz CT molecular complexity index is 371. The van der Waals surface area contributed by atoms with E-state index in [0.717, 1.165) is 51.6 Å². The fourth-order valence-corrected chi connectivity index (χ4v) is 4.25. The minimum Gasteiger partial charge on any atom is -0.381 e. The van der Waals surface area contributed by atoms with Crippen LogP contribution in [0.15, 0.2) is 0 Å². The highest BCUT2D eigenvalue weighted by Gasteiger charge is 2.42. The van der Waals surface area contributed by atoms with Gasteiger partial charge in [0.15, 0.2) is 0 Å². The van der Waals surface area contributed by atoms with E-state index in [1.807, 2.05) is 4.90 Å². The van der Waals surface area contributed by atoms with Gasteiger partial charge in [-0.05, 0) is 38.5 Å². The van der Waals surface area contributed by atoms with E-state index < -0.39 is 0 Å². The van der Waals surface area contributed by atoms with Gasteiger partial charge in [0.05, 0.1) is 6.10 Å². The zero-order valence-electron chi connectivity index (χ0n) is 12.3. The van der Waals surface area contributed by atoms with Crippen molar-refractivity contribution in [3.05, 3.63) is 0 Å². The number of hydrogen-bond donors (Lipinski definition) is 0. The van der Waals surface area contributed by atoms with Gasteiger partial charge >= 0.3 is 0 Å². The molecule has 1 aliphatic heterocycles. The summed E-state index contributed by atoms with van der Waals surface area (Å²) >= 11 is 0. The zero-order valence-corrected chi connectivity index (χ0v) is 12.3. The predicted octanol–water partition coefficient (Wildman–Crippen LogP) is 2.02. The number of rotatable bonds is 2. The molecule has 2 bridgehead atoms. The average Bonchev–Trinajstić information content (AvgIpc) is 2.46. The van der Waals surface area contributed by atoms with Crippen molar-refractivity contribution < 1.29 is 14.3 Å². The molecule has 0 aromatic heterocycles. The fraction of sp³-hybridized carbons (Fsp3) is 0.875. The third-order valence-electron chi connectivity index (χ3n) is 5.48. The molecule has 3 fully saturated rings. The summed E-state index contributed by atoms with van der Waals surface area (Å²) < 4.78 is 5.36. The number of carbonyl (C=O) groups is 2. The third kappa shape index (κ3) is 2.62. The number of carbonyl (C=O) groups excluding carboxylic acids is 2. The molecule has 0 N–H and O–H groups in total. The normalized spacial score (nSPS) is 35.1. The van der Waals surface area contributed by atoms with Crippen LogP contribution in [0.2, 0.25) is 0 Å². The van der Waals surface area contributed by atoms with Crippen molar-refractivity contribution in [1.29, 1.82) is 0 Å². The van der Waals surface area contributed by atoms with Gasteiger partial charge in [0.1, 0.15) is 5.78 Å². The lowest BCUT2D eigenvalue weighted by atomic mass is 9.67. The number of amides is 1. The molecular formula is C16H25NO3. The van der Waals surface area contributed by atoms with E-state index in [4.69, 9.17) is 4.74 Å². The Labute approximate surface area is 120 Å². The minimum absolute atomic E-state index is 0.0992. The van der Waals surface area contributed by atoms with E-state index in [1.165, 1.54) is 6.42 Å². The van der Waals surface area contributed by atoms with Gasteiger partial charge in [0, 0.05) is 38.0 Å². The predicted molar refractivity (Wildman–Crippen MR) is 75.2 cm³/mol. The highest BCUT2D eigenvalue weighted by molar-refractivity contribution is 5.88. The summed E-state index contributed by atoms with van der Waals surface area (Å²) in [6.07, 6.45) is 6.99. The van der Waals surface area contributed by atoms with Crippen molar-refractivity contribution in [3.63, 3.8) is 0 Å². The number of piperidine rings is 1. The standard InChI is InChI=1S/C16H25NO3/c1-20-14-5-7-17(8-6-14)16(19)13-9-11-3-2-4-12(10-13)15(11)18/h11-14H,2-10H2,1H3/t11-,12+,13?. The van der Waals surface area contributed by atoms with Gasteiger partial charge in [0.25, 0.3) is 0 Å². The molecule has 3 aliphatic rings. The lowest BCUT2D eigenvalue weighted by Gasteiger charge is -2.40. The first-order valence-corrected chi connectivity index (χ1v) is 8.04. The Morgan fingerprint density at radius 3 is 2.25 bits per heavy atom. The molecule has 3 rings (SSSR count). The Morgan fingerprint density at radius 2 is 1.70 bits per heavy atom. The molecule has 0 aromatic carbocycles. The number of hydrogen-bond acceptors (Lipinski definition) is 3. The third-order valence-corrected chi connectivity index (χ3v) is 5.48. The first-order valence-electron chi connectivity index (χ1n) is 8.04. The molecular weight excluding hydrogens is 254 g/mol. The summed E-state index contributed by atoms with van der Waals surface area (Å²) in [7, 11) is 1.75. The summed E-state index contributed by atoms with van der Waals surface area (Å²) in [5.41, 5.74) is 0. The highest BCUT2D eigenvalue weighted by Crippen LogP contribution is 2.40. The fourth-order valence-electron chi connectivity index (χ4n) is 4.25. The van der Waals surface area contributed by atoms with Crippen LogP contribution in [0.25, 0.3) is 0 Å². The molecule has 4 heteroatoms. The molecule has 0 aromatic rings. The van der Waals surface area contributed by atoms with E-state index in [-0.39, 0.29) is 17.8 Å². The molecule has 1 amide bonds. The summed E-state index contributed by atoms with van der Waals surface area (Å²) in [6, 6.07) is 0. The van der Waals surface area contributed by atoms with E-state index in [2.05, 4.69) is 0 Å². The van der Waals surface area contributed by atoms with Crippen LogP contribution in [-0.2, 0) is 14.3 Å². The van der Waals surface area contributed by atoms with E-state index in [0.29, 0.717) is 17.8 Å². The van der Waals surface area contributed by atoms with Crippen LogP contribution < -0.4 is 0 Å². The minimum atomic E-state index is 0.0992. The molecule has 3 atom stereocenters. The van der Waals surface area contributed by atoms with Crippen LogP contribution in [-0.4, -0.2) is 42.9 Å². The van der Waals surface area contributed by atoms with Crippen molar-refractivity contribution in [2.75, 3.05) is 20.2 Å². The first-order chi connectivity index (χ1) is 9.69. The SMILES string of the molecule is COC1CCN(C(=O)C2C[C@H]3CCC[C@@H](C2)C3=O)CC1. The van der Waals surface area contributed by atoms with Crippen molar-refractivity contribution in [2.24, 2.45) is 17.8 Å². The number of likely N-dealkylation sites (tertiary alicyclic amines) is 1. The van der Waals surface area contributed by atoms with Gasteiger partial charge in [-0.2, -0.15) is 0 Å². The summed E-state index contributed by atoms with van der Waals surface area (Å²) in [4.78, 5) is 26.8. The van der Waals surface area contributed by atoms with Crippen molar-refractivity contribution in [2.45, 2.75) is 51.0 Å². The van der Waals surface area contributed by atoms with Gasteiger partial charge in [0.2, 0.25) is 5.91 Å². The Morgan fingerprint density at radius 1 is 1.10 bits per heavy atom. The molecule has 0 radical (unpaired) electrons. The largest absolute Gasteiger partial charge is 0.381 e. The molecule has 1 unspecified atom stereocenters. The second-order valence-corrected chi connectivity index (χ2v) is 6.66. The molecule has 2 aliphatic carbocycles. The maximum atomic E-state index is 12.7. The monoisotopic (exact) mass is 279 g/mol. The lowest BCUT2D eigenvalue weighted by Crippen LogP contribution is -2.47. The lowest BCUT2D eigenvalue weighted by molar-refractivity contribution is -0.144. The van der Waals surface area contributed by atoms with Gasteiger partial charge in [-0.25, -0.2) is 0 Å². The molecule has 0 spiro atoms. The van der Waals surface area contributed by atoms with Crippen LogP contribution in [0, 0.1) is 17.8 Å². The van der Waals surface area contributed by atoms with Crippen molar-refractivity contribution in [1.82, 2.24) is 4.90 Å². The van der Waals surface area contributed by atoms with Gasteiger partial charge in [-0.15, -0.1) is 0 Å². The molecule has 1 heterocycles. The van der Waals surface area contributed by atoms with Gasteiger partial charge < -0.3 is 9.64 Å². The molecule has 20 heavy (non-hydrogen) atoms. The first kappa shape index (κ1) is 14.1. The number of methoxy groups -OCH3 is 1. The Balaban J connectivity index is 1.59. The van der Waals surface area contributed by atoms with Crippen molar-refractivity contribution >= 4 is 11.7 Å². The van der Waals surface area contributed by atoms with Crippen LogP contribution in [0.5, 0.6) is 0 Å². The van der Waals surface area contributed by atoms with Gasteiger partial charge in [-0.1, -0.05) is 6.42 Å². The summed E-state index contributed by atoms with van der Waals surface area (Å²) in [5, 5.41) is 0. The number of Topliss-reactive ketones (excluding diaryl/α,β-unsaturated/α-hetero) is 1. The second kappa shape index (κ2) is 5.84. The maximum absolute atomic E-state index is 12.7. The van der Waals surface area contributed by atoms with Crippen LogP contribution in [0.3, 0.4) is 0 Å². The van der Waals surface area contributed by atoms with E-state index in [9.17, 15) is 9.59 Å². The maximum Gasteiger partial charge on any atom is 0.225 e. The zero-order chi connectivity index (χ0) is 14.1. The van der Waals surface area contributed by atoms with E-state index >= 15 is 0 Å². The molecule has 112 valence electrons. The highest BCUT2D eigenvalue weighted by atomic mass is 16.5. The quantitative estimate of drug-likeness (QED) is 0.777. The summed E-state index contributed by atoms with van der Waals surface area (Å²) in [6.45, 7) is 1.63. The van der Waals surface area contributed by atoms with Crippen LogP contribution in [0.4, 0.5) is 0 Å². The van der Waals surface area contributed by atoms with Gasteiger partial charge in [-0.3, -0.25) is 9.59 Å².